The minimum atomic E-state index is -0.274. The van der Waals surface area contributed by atoms with Crippen molar-refractivity contribution in [2.24, 2.45) is 0 Å². The summed E-state index contributed by atoms with van der Waals surface area (Å²) in [6, 6.07) is 15.5. The molecule has 0 atom stereocenters. The highest BCUT2D eigenvalue weighted by Crippen LogP contribution is 2.24. The lowest BCUT2D eigenvalue weighted by Gasteiger charge is -2.15. The summed E-state index contributed by atoms with van der Waals surface area (Å²) >= 11 is 1.42. The van der Waals surface area contributed by atoms with E-state index in [1.807, 2.05) is 62.4 Å². The second kappa shape index (κ2) is 8.14. The molecule has 2 amide bonds. The summed E-state index contributed by atoms with van der Waals surface area (Å²) in [5.41, 5.74) is 4.33. The molecular formula is C21H21N3O2S. The van der Waals surface area contributed by atoms with Crippen LogP contribution in [-0.4, -0.2) is 35.3 Å². The zero-order valence-electron chi connectivity index (χ0n) is 15.5. The van der Waals surface area contributed by atoms with Crippen molar-refractivity contribution < 1.29 is 9.59 Å². The monoisotopic (exact) mass is 379 g/mol. The number of benzene rings is 2. The van der Waals surface area contributed by atoms with Gasteiger partial charge in [0.25, 0.3) is 5.91 Å². The zero-order valence-corrected chi connectivity index (χ0v) is 16.3. The first-order valence-corrected chi connectivity index (χ1v) is 9.45. The molecule has 0 aliphatic carbocycles. The smallest absolute Gasteiger partial charge is 0.273 e. The van der Waals surface area contributed by atoms with Crippen molar-refractivity contribution in [3.8, 4) is 10.6 Å². The van der Waals surface area contributed by atoms with E-state index in [-0.39, 0.29) is 18.4 Å². The summed E-state index contributed by atoms with van der Waals surface area (Å²) in [7, 11) is 1.60. The Bertz CT molecular complexity index is 946. The lowest BCUT2D eigenvalue weighted by molar-refractivity contribution is -0.116. The van der Waals surface area contributed by atoms with Gasteiger partial charge in [-0.05, 0) is 26.0 Å². The van der Waals surface area contributed by atoms with Gasteiger partial charge >= 0.3 is 0 Å². The van der Waals surface area contributed by atoms with Crippen molar-refractivity contribution in [2.75, 3.05) is 18.9 Å². The van der Waals surface area contributed by atoms with E-state index in [9.17, 15) is 9.59 Å². The number of aryl methyl sites for hydroxylation is 2. The van der Waals surface area contributed by atoms with Gasteiger partial charge in [-0.25, -0.2) is 4.98 Å². The van der Waals surface area contributed by atoms with Crippen LogP contribution in [0.4, 0.5) is 5.69 Å². The molecule has 0 saturated carbocycles. The van der Waals surface area contributed by atoms with E-state index >= 15 is 0 Å². The summed E-state index contributed by atoms with van der Waals surface area (Å²) in [6.07, 6.45) is 0. The van der Waals surface area contributed by atoms with Crippen molar-refractivity contribution in [2.45, 2.75) is 13.8 Å². The number of carbonyl (C=O) groups excluding carboxylic acids is 2. The maximum Gasteiger partial charge on any atom is 0.273 e. The second-order valence-corrected chi connectivity index (χ2v) is 7.34. The fraction of sp³-hybridized carbons (Fsp3) is 0.190. The highest BCUT2D eigenvalue weighted by molar-refractivity contribution is 7.13. The molecule has 2 aromatic carbocycles. The number of nitrogens with zero attached hydrogens (tertiary/aromatic N) is 2. The van der Waals surface area contributed by atoms with E-state index in [0.29, 0.717) is 11.4 Å². The van der Waals surface area contributed by atoms with Crippen LogP contribution in [0.3, 0.4) is 0 Å². The predicted octanol–water partition coefficient (Wildman–Crippen LogP) is 4.14. The van der Waals surface area contributed by atoms with Gasteiger partial charge in [0.05, 0.1) is 6.54 Å². The van der Waals surface area contributed by atoms with E-state index in [4.69, 9.17) is 0 Å². The van der Waals surface area contributed by atoms with Crippen LogP contribution in [0.5, 0.6) is 0 Å². The standard InChI is InChI=1S/C21H21N3O2S/c1-14-4-8-16(9-5-14)20-23-18(13-27-20)21(26)24(3)12-19(25)22-17-10-6-15(2)7-11-17/h4-11,13H,12H2,1-3H3,(H,22,25). The minimum Gasteiger partial charge on any atom is -0.331 e. The number of hydrogen-bond acceptors (Lipinski definition) is 4. The molecule has 27 heavy (non-hydrogen) atoms. The second-order valence-electron chi connectivity index (χ2n) is 6.48. The van der Waals surface area contributed by atoms with E-state index in [2.05, 4.69) is 10.3 Å². The lowest BCUT2D eigenvalue weighted by Crippen LogP contribution is -2.35. The van der Waals surface area contributed by atoms with Gasteiger partial charge in [-0.2, -0.15) is 0 Å². The van der Waals surface area contributed by atoms with Gasteiger partial charge in [0.15, 0.2) is 0 Å². The summed E-state index contributed by atoms with van der Waals surface area (Å²) < 4.78 is 0. The Hall–Kier alpha value is -2.99. The number of carbonyl (C=O) groups is 2. The van der Waals surface area contributed by atoms with Gasteiger partial charge in [-0.1, -0.05) is 47.5 Å². The van der Waals surface area contributed by atoms with Crippen LogP contribution in [0, 0.1) is 13.8 Å². The van der Waals surface area contributed by atoms with Crippen LogP contribution in [0.1, 0.15) is 21.6 Å². The average Bonchev–Trinajstić information content (AvgIpc) is 3.13. The Kier molecular flexibility index (Phi) is 5.66. The average molecular weight is 379 g/mol. The van der Waals surface area contributed by atoms with Gasteiger partial charge in [0.2, 0.25) is 5.91 Å². The quantitative estimate of drug-likeness (QED) is 0.725. The molecular weight excluding hydrogens is 358 g/mol. The summed E-state index contributed by atoms with van der Waals surface area (Å²) in [5, 5.41) is 5.31. The van der Waals surface area contributed by atoms with Crippen LogP contribution in [0.2, 0.25) is 0 Å². The fourth-order valence-electron chi connectivity index (χ4n) is 2.52. The van der Waals surface area contributed by atoms with Crippen molar-refractivity contribution in [1.82, 2.24) is 9.88 Å². The SMILES string of the molecule is Cc1ccc(NC(=O)CN(C)C(=O)c2csc(-c3ccc(C)cc3)n2)cc1. The third-order valence-electron chi connectivity index (χ3n) is 4.08. The molecule has 1 aromatic heterocycles. The van der Waals surface area contributed by atoms with Crippen molar-refractivity contribution in [1.29, 1.82) is 0 Å². The molecule has 6 heteroatoms. The first-order chi connectivity index (χ1) is 12.9. The molecule has 0 spiro atoms. The number of amides is 2. The number of likely N-dealkylation sites (N-methyl/N-ethyl adjacent to an activating group) is 1. The molecule has 0 saturated heterocycles. The van der Waals surface area contributed by atoms with Gasteiger partial charge in [-0.3, -0.25) is 9.59 Å². The number of aromatic nitrogens is 1. The Balaban J connectivity index is 1.62. The number of anilines is 1. The highest BCUT2D eigenvalue weighted by atomic mass is 32.1. The van der Waals surface area contributed by atoms with Gasteiger partial charge in [0.1, 0.15) is 10.7 Å². The molecule has 0 bridgehead atoms. The first-order valence-electron chi connectivity index (χ1n) is 8.57. The van der Waals surface area contributed by atoms with Crippen molar-refractivity contribution >= 4 is 28.8 Å². The number of rotatable bonds is 5. The van der Waals surface area contributed by atoms with Crippen LogP contribution < -0.4 is 5.32 Å². The molecule has 3 aromatic rings. The van der Waals surface area contributed by atoms with E-state index in [0.717, 1.165) is 16.1 Å². The normalized spacial score (nSPS) is 10.5. The molecule has 1 heterocycles. The van der Waals surface area contributed by atoms with Crippen molar-refractivity contribution in [3.05, 3.63) is 70.7 Å². The predicted molar refractivity (Wildman–Crippen MR) is 109 cm³/mol. The molecule has 0 fully saturated rings. The maximum absolute atomic E-state index is 12.6. The Labute approximate surface area is 162 Å². The van der Waals surface area contributed by atoms with E-state index in [1.54, 1.807) is 12.4 Å². The molecule has 0 unspecified atom stereocenters. The van der Waals surface area contributed by atoms with Gasteiger partial charge in [0, 0.05) is 23.7 Å². The van der Waals surface area contributed by atoms with Gasteiger partial charge < -0.3 is 10.2 Å². The summed E-state index contributed by atoms with van der Waals surface area (Å²) in [6.45, 7) is 3.97. The van der Waals surface area contributed by atoms with E-state index in [1.165, 1.54) is 21.8 Å². The number of thiazole rings is 1. The summed E-state index contributed by atoms with van der Waals surface area (Å²) in [5.74, 6) is -0.521. The molecule has 138 valence electrons. The number of nitrogens with one attached hydrogen (secondary N) is 1. The molecule has 0 radical (unpaired) electrons. The Morgan fingerprint density at radius 2 is 1.59 bits per heavy atom. The maximum atomic E-state index is 12.6. The molecule has 0 aliphatic rings. The zero-order chi connectivity index (χ0) is 19.4. The van der Waals surface area contributed by atoms with Crippen LogP contribution in [0.15, 0.2) is 53.9 Å². The van der Waals surface area contributed by atoms with Crippen LogP contribution in [-0.2, 0) is 4.79 Å². The largest absolute Gasteiger partial charge is 0.331 e. The fourth-order valence-corrected chi connectivity index (χ4v) is 3.32. The topological polar surface area (TPSA) is 62.3 Å². The third-order valence-corrected chi connectivity index (χ3v) is 4.98. The lowest BCUT2D eigenvalue weighted by atomic mass is 10.2. The molecule has 0 aliphatic heterocycles. The number of hydrogen-bond donors (Lipinski definition) is 1. The Morgan fingerprint density at radius 1 is 1.00 bits per heavy atom. The Morgan fingerprint density at radius 3 is 2.22 bits per heavy atom. The molecule has 1 N–H and O–H groups in total. The molecule has 5 nitrogen and oxygen atoms in total. The minimum absolute atomic E-state index is 0.0376. The first kappa shape index (κ1) is 18.8. The van der Waals surface area contributed by atoms with Gasteiger partial charge in [-0.15, -0.1) is 11.3 Å². The van der Waals surface area contributed by atoms with Crippen LogP contribution >= 0.6 is 11.3 Å². The highest BCUT2D eigenvalue weighted by Gasteiger charge is 2.18. The molecule has 3 rings (SSSR count). The summed E-state index contributed by atoms with van der Waals surface area (Å²) in [4.78, 5) is 30.5. The van der Waals surface area contributed by atoms with Crippen molar-refractivity contribution in [3.63, 3.8) is 0 Å². The third kappa shape index (κ3) is 4.80. The van der Waals surface area contributed by atoms with E-state index < -0.39 is 0 Å². The van der Waals surface area contributed by atoms with Crippen LogP contribution in [0.25, 0.3) is 10.6 Å².